The Morgan fingerprint density at radius 2 is 2.06 bits per heavy atom. The van der Waals surface area contributed by atoms with Crippen molar-refractivity contribution in [3.8, 4) is 0 Å². The van der Waals surface area contributed by atoms with E-state index in [0.717, 1.165) is 25.0 Å². The molecule has 0 spiro atoms. The lowest BCUT2D eigenvalue weighted by molar-refractivity contribution is -0.138. The van der Waals surface area contributed by atoms with Gasteiger partial charge in [0.1, 0.15) is 6.54 Å². The normalized spacial score (nSPS) is 11.9. The average molecular weight is 276 g/mol. The third kappa shape index (κ3) is 7.42. The van der Waals surface area contributed by atoms with E-state index in [4.69, 9.17) is 5.11 Å². The second-order valence-corrected chi connectivity index (χ2v) is 5.20. The summed E-state index contributed by atoms with van der Waals surface area (Å²) in [4.78, 5) is 24.0. The molecule has 18 heavy (non-hydrogen) atoms. The van der Waals surface area contributed by atoms with Gasteiger partial charge in [-0.2, -0.15) is 11.8 Å². The van der Waals surface area contributed by atoms with Gasteiger partial charge in [0, 0.05) is 12.6 Å². The summed E-state index contributed by atoms with van der Waals surface area (Å²) >= 11 is 1.78. The van der Waals surface area contributed by atoms with Gasteiger partial charge in [-0.1, -0.05) is 6.92 Å². The van der Waals surface area contributed by atoms with Crippen molar-refractivity contribution in [1.82, 2.24) is 10.2 Å². The standard InChI is InChI=1S/C12H24N2O3S/c1-4-10(2)14(9-11(15)16)12(17)13-7-5-6-8-18-3/h10H,4-9H2,1-3H3,(H,13,17)(H,15,16). The minimum Gasteiger partial charge on any atom is -0.480 e. The summed E-state index contributed by atoms with van der Waals surface area (Å²) in [5, 5.41) is 11.6. The monoisotopic (exact) mass is 276 g/mol. The molecule has 0 aliphatic heterocycles. The number of aliphatic carboxylic acids is 1. The topological polar surface area (TPSA) is 69.6 Å². The number of unbranched alkanes of at least 4 members (excludes halogenated alkanes) is 1. The molecule has 0 aromatic heterocycles. The van der Waals surface area contributed by atoms with Crippen molar-refractivity contribution in [3.05, 3.63) is 0 Å². The number of carboxylic acids is 1. The van der Waals surface area contributed by atoms with Gasteiger partial charge >= 0.3 is 12.0 Å². The van der Waals surface area contributed by atoms with E-state index in [1.54, 1.807) is 11.8 Å². The van der Waals surface area contributed by atoms with Crippen LogP contribution in [0.15, 0.2) is 0 Å². The van der Waals surface area contributed by atoms with Crippen LogP contribution in [-0.2, 0) is 4.79 Å². The maximum absolute atomic E-state index is 11.9. The zero-order valence-corrected chi connectivity index (χ0v) is 12.3. The van der Waals surface area contributed by atoms with Crippen LogP contribution in [0.5, 0.6) is 0 Å². The lowest BCUT2D eigenvalue weighted by Crippen LogP contribution is -2.47. The van der Waals surface area contributed by atoms with Gasteiger partial charge in [-0.15, -0.1) is 0 Å². The Balaban J connectivity index is 4.09. The van der Waals surface area contributed by atoms with Crippen molar-refractivity contribution in [3.63, 3.8) is 0 Å². The third-order valence-electron chi connectivity index (χ3n) is 2.74. The highest BCUT2D eigenvalue weighted by Gasteiger charge is 2.20. The zero-order valence-electron chi connectivity index (χ0n) is 11.4. The largest absolute Gasteiger partial charge is 0.480 e. The lowest BCUT2D eigenvalue weighted by Gasteiger charge is -2.27. The van der Waals surface area contributed by atoms with Gasteiger partial charge in [0.2, 0.25) is 0 Å². The summed E-state index contributed by atoms with van der Waals surface area (Å²) in [5.74, 6) is 0.105. The molecule has 2 N–H and O–H groups in total. The molecular formula is C12H24N2O3S. The molecule has 0 aliphatic carbocycles. The molecular weight excluding hydrogens is 252 g/mol. The van der Waals surface area contributed by atoms with Gasteiger partial charge in [0.05, 0.1) is 0 Å². The highest BCUT2D eigenvalue weighted by Crippen LogP contribution is 2.04. The lowest BCUT2D eigenvalue weighted by atomic mass is 10.2. The van der Waals surface area contributed by atoms with Crippen LogP contribution in [0.2, 0.25) is 0 Å². The molecule has 0 saturated carbocycles. The molecule has 1 unspecified atom stereocenters. The van der Waals surface area contributed by atoms with Crippen LogP contribution in [0.1, 0.15) is 33.1 Å². The van der Waals surface area contributed by atoms with Crippen LogP contribution in [0, 0.1) is 0 Å². The van der Waals surface area contributed by atoms with Gasteiger partial charge in [-0.25, -0.2) is 4.79 Å². The van der Waals surface area contributed by atoms with Crippen LogP contribution in [0.4, 0.5) is 4.79 Å². The number of nitrogens with one attached hydrogen (secondary N) is 1. The number of urea groups is 1. The van der Waals surface area contributed by atoms with E-state index in [-0.39, 0.29) is 18.6 Å². The molecule has 6 heteroatoms. The molecule has 0 aromatic rings. The number of thioether (sulfide) groups is 1. The molecule has 0 radical (unpaired) electrons. The molecule has 0 fully saturated rings. The van der Waals surface area contributed by atoms with Crippen molar-refractivity contribution >= 4 is 23.8 Å². The molecule has 0 rings (SSSR count). The quantitative estimate of drug-likeness (QED) is 0.632. The fraction of sp³-hybridized carbons (Fsp3) is 0.833. The van der Waals surface area contributed by atoms with Crippen molar-refractivity contribution in [2.24, 2.45) is 0 Å². The molecule has 0 aromatic carbocycles. The predicted molar refractivity (Wildman–Crippen MR) is 75.1 cm³/mol. The molecule has 106 valence electrons. The van der Waals surface area contributed by atoms with Gasteiger partial charge in [-0.05, 0) is 38.2 Å². The fourth-order valence-corrected chi connectivity index (χ4v) is 1.95. The molecule has 2 amide bonds. The number of carbonyl (C=O) groups is 2. The van der Waals surface area contributed by atoms with Crippen molar-refractivity contribution in [2.45, 2.75) is 39.2 Å². The molecule has 0 bridgehead atoms. The Hall–Kier alpha value is -0.910. The third-order valence-corrected chi connectivity index (χ3v) is 3.44. The van der Waals surface area contributed by atoms with E-state index < -0.39 is 5.97 Å². The number of amides is 2. The van der Waals surface area contributed by atoms with Crippen LogP contribution in [-0.4, -0.2) is 53.1 Å². The smallest absolute Gasteiger partial charge is 0.323 e. The Kier molecular flexibility index (Phi) is 9.55. The van der Waals surface area contributed by atoms with E-state index in [0.29, 0.717) is 6.54 Å². The number of rotatable bonds is 9. The Morgan fingerprint density at radius 3 is 2.56 bits per heavy atom. The minimum absolute atomic E-state index is 0.0627. The van der Waals surface area contributed by atoms with E-state index in [9.17, 15) is 9.59 Å². The second kappa shape index (κ2) is 10.1. The predicted octanol–water partition coefficient (Wildman–Crippen LogP) is 2.02. The van der Waals surface area contributed by atoms with Crippen LogP contribution < -0.4 is 5.32 Å². The molecule has 0 heterocycles. The molecule has 0 saturated heterocycles. The summed E-state index contributed by atoms with van der Waals surface area (Å²) in [6.45, 7) is 4.15. The summed E-state index contributed by atoms with van der Waals surface area (Å²) in [7, 11) is 0. The van der Waals surface area contributed by atoms with Crippen LogP contribution >= 0.6 is 11.8 Å². The first-order valence-corrected chi connectivity index (χ1v) is 7.67. The van der Waals surface area contributed by atoms with Crippen LogP contribution in [0.3, 0.4) is 0 Å². The number of hydrogen-bond donors (Lipinski definition) is 2. The Labute approximate surface area is 113 Å². The number of hydrogen-bond acceptors (Lipinski definition) is 3. The summed E-state index contributed by atoms with van der Waals surface area (Å²) in [6, 6.07) is -0.344. The Bertz CT molecular complexity index is 262. The van der Waals surface area contributed by atoms with Crippen molar-refractivity contribution in [2.75, 3.05) is 25.1 Å². The van der Waals surface area contributed by atoms with E-state index in [2.05, 4.69) is 11.6 Å². The molecule has 1 atom stereocenters. The SMILES string of the molecule is CCC(C)N(CC(=O)O)C(=O)NCCCCSC. The van der Waals surface area contributed by atoms with Crippen molar-refractivity contribution < 1.29 is 14.7 Å². The van der Waals surface area contributed by atoms with Gasteiger partial charge < -0.3 is 15.3 Å². The first-order valence-electron chi connectivity index (χ1n) is 6.28. The minimum atomic E-state index is -0.979. The maximum Gasteiger partial charge on any atom is 0.323 e. The fourth-order valence-electron chi connectivity index (χ4n) is 1.46. The summed E-state index contributed by atoms with van der Waals surface area (Å²) < 4.78 is 0. The summed E-state index contributed by atoms with van der Waals surface area (Å²) in [5.41, 5.74) is 0. The first-order chi connectivity index (χ1) is 8.52. The van der Waals surface area contributed by atoms with Crippen LogP contribution in [0.25, 0.3) is 0 Å². The number of carbonyl (C=O) groups excluding carboxylic acids is 1. The molecule has 0 aliphatic rings. The van der Waals surface area contributed by atoms with Gasteiger partial charge in [-0.3, -0.25) is 4.79 Å². The van der Waals surface area contributed by atoms with Gasteiger partial charge in [0.25, 0.3) is 0 Å². The highest BCUT2D eigenvalue weighted by atomic mass is 32.2. The molecule has 5 nitrogen and oxygen atoms in total. The summed E-state index contributed by atoms with van der Waals surface area (Å²) in [6.07, 6.45) is 4.78. The average Bonchev–Trinajstić information content (AvgIpc) is 2.34. The number of carboxylic acid groups (broad SMARTS) is 1. The maximum atomic E-state index is 11.9. The zero-order chi connectivity index (χ0) is 14.0. The first kappa shape index (κ1) is 17.1. The number of nitrogens with zero attached hydrogens (tertiary/aromatic N) is 1. The highest BCUT2D eigenvalue weighted by molar-refractivity contribution is 7.98. The van der Waals surface area contributed by atoms with E-state index in [1.807, 2.05) is 13.8 Å². The Morgan fingerprint density at radius 1 is 1.39 bits per heavy atom. The second-order valence-electron chi connectivity index (χ2n) is 4.21. The van der Waals surface area contributed by atoms with Gasteiger partial charge in [0.15, 0.2) is 0 Å². The van der Waals surface area contributed by atoms with E-state index >= 15 is 0 Å². The van der Waals surface area contributed by atoms with E-state index in [1.165, 1.54) is 4.90 Å². The van der Waals surface area contributed by atoms with Crippen molar-refractivity contribution in [1.29, 1.82) is 0 Å².